The molecule has 1 aromatic heterocycles. The Kier molecular flexibility index (Phi) is 5.96. The van der Waals surface area contributed by atoms with Crippen LogP contribution in [0, 0.1) is 6.92 Å². The van der Waals surface area contributed by atoms with Crippen LogP contribution in [0.4, 0.5) is 5.13 Å². The lowest BCUT2D eigenvalue weighted by Crippen LogP contribution is -2.22. The summed E-state index contributed by atoms with van der Waals surface area (Å²) in [5.41, 5.74) is 3.04. The van der Waals surface area contributed by atoms with E-state index in [9.17, 15) is 4.79 Å². The maximum atomic E-state index is 12.4. The number of rotatable bonds is 6. The zero-order chi connectivity index (χ0) is 18.5. The van der Waals surface area contributed by atoms with Crippen LogP contribution in [0.3, 0.4) is 0 Å². The van der Waals surface area contributed by atoms with Crippen LogP contribution in [-0.2, 0) is 4.79 Å². The molecule has 1 heterocycles. The van der Waals surface area contributed by atoms with E-state index in [1.807, 2.05) is 55.6 Å². The molecular formula is C20H20N2O2S2. The number of nitrogens with one attached hydrogen (secondary N) is 1. The number of anilines is 1. The van der Waals surface area contributed by atoms with Gasteiger partial charge < -0.3 is 10.1 Å². The van der Waals surface area contributed by atoms with E-state index in [0.29, 0.717) is 5.13 Å². The largest absolute Gasteiger partial charge is 0.497 e. The first-order valence-corrected chi connectivity index (χ1v) is 9.95. The number of methoxy groups -OCH3 is 1. The van der Waals surface area contributed by atoms with Gasteiger partial charge in [-0.2, -0.15) is 0 Å². The Morgan fingerprint density at radius 2 is 1.85 bits per heavy atom. The Balaban J connectivity index is 1.62. The zero-order valence-corrected chi connectivity index (χ0v) is 16.5. The van der Waals surface area contributed by atoms with Gasteiger partial charge in [-0.1, -0.05) is 17.7 Å². The van der Waals surface area contributed by atoms with Crippen LogP contribution < -0.4 is 10.1 Å². The summed E-state index contributed by atoms with van der Waals surface area (Å²) in [5.74, 6) is 0.755. The molecule has 0 spiro atoms. The average molecular weight is 385 g/mol. The summed E-state index contributed by atoms with van der Waals surface area (Å²) < 4.78 is 5.17. The van der Waals surface area contributed by atoms with E-state index in [-0.39, 0.29) is 11.2 Å². The minimum absolute atomic E-state index is 0.0498. The summed E-state index contributed by atoms with van der Waals surface area (Å²) in [6.07, 6.45) is 0. The number of nitrogens with zero attached hydrogens (tertiary/aromatic N) is 1. The van der Waals surface area contributed by atoms with Gasteiger partial charge in [-0.25, -0.2) is 4.98 Å². The van der Waals surface area contributed by atoms with Gasteiger partial charge in [0, 0.05) is 15.8 Å². The third-order valence-corrected chi connectivity index (χ3v) is 5.69. The Bertz CT molecular complexity index is 874. The number of hydrogen-bond acceptors (Lipinski definition) is 5. The highest BCUT2D eigenvalue weighted by Gasteiger charge is 2.16. The minimum atomic E-state index is -0.203. The number of hydrogen-bond donors (Lipinski definition) is 1. The molecule has 26 heavy (non-hydrogen) atoms. The van der Waals surface area contributed by atoms with Crippen molar-refractivity contribution in [3.63, 3.8) is 0 Å². The Morgan fingerprint density at radius 3 is 2.50 bits per heavy atom. The van der Waals surface area contributed by atoms with Crippen LogP contribution in [0.15, 0.2) is 58.8 Å². The average Bonchev–Trinajstić information content (AvgIpc) is 3.12. The van der Waals surface area contributed by atoms with Gasteiger partial charge in [0.25, 0.3) is 0 Å². The monoisotopic (exact) mass is 384 g/mol. The smallest absolute Gasteiger partial charge is 0.239 e. The van der Waals surface area contributed by atoms with Crippen LogP contribution in [-0.4, -0.2) is 23.3 Å². The van der Waals surface area contributed by atoms with Gasteiger partial charge in [0.15, 0.2) is 5.13 Å². The summed E-state index contributed by atoms with van der Waals surface area (Å²) in [6.45, 7) is 3.95. The van der Waals surface area contributed by atoms with E-state index < -0.39 is 0 Å². The zero-order valence-electron chi connectivity index (χ0n) is 14.9. The number of carbonyl (C=O) groups is 1. The maximum absolute atomic E-state index is 12.4. The van der Waals surface area contributed by atoms with Gasteiger partial charge >= 0.3 is 0 Å². The fourth-order valence-corrected chi connectivity index (χ4v) is 3.90. The first-order valence-electron chi connectivity index (χ1n) is 8.19. The van der Waals surface area contributed by atoms with Gasteiger partial charge in [-0.3, -0.25) is 4.79 Å². The van der Waals surface area contributed by atoms with E-state index in [1.54, 1.807) is 7.11 Å². The van der Waals surface area contributed by atoms with Crippen molar-refractivity contribution in [3.8, 4) is 17.0 Å². The second kappa shape index (κ2) is 8.38. The first kappa shape index (κ1) is 18.5. The number of thioether (sulfide) groups is 1. The van der Waals surface area contributed by atoms with E-state index in [0.717, 1.165) is 21.9 Å². The number of amides is 1. The van der Waals surface area contributed by atoms with E-state index >= 15 is 0 Å². The lowest BCUT2D eigenvalue weighted by atomic mass is 10.2. The van der Waals surface area contributed by atoms with Crippen LogP contribution >= 0.6 is 23.1 Å². The molecule has 0 radical (unpaired) electrons. The highest BCUT2D eigenvalue weighted by molar-refractivity contribution is 8.00. The van der Waals surface area contributed by atoms with Crippen molar-refractivity contribution in [2.75, 3.05) is 12.4 Å². The molecule has 1 unspecified atom stereocenters. The van der Waals surface area contributed by atoms with Crippen LogP contribution in [0.5, 0.6) is 5.75 Å². The Labute approximate surface area is 161 Å². The molecule has 4 nitrogen and oxygen atoms in total. The molecule has 3 aromatic rings. The van der Waals surface area contributed by atoms with Gasteiger partial charge in [0.2, 0.25) is 5.91 Å². The lowest BCUT2D eigenvalue weighted by Gasteiger charge is -2.10. The van der Waals surface area contributed by atoms with Crippen molar-refractivity contribution in [1.82, 2.24) is 4.98 Å². The molecule has 0 aliphatic heterocycles. The third-order valence-electron chi connectivity index (χ3n) is 3.82. The summed E-state index contributed by atoms with van der Waals surface area (Å²) in [6, 6.07) is 15.9. The molecule has 134 valence electrons. The standard InChI is InChI=1S/C20H20N2O2S2/c1-13-4-10-17(11-5-13)26-14(2)19(23)22-20-21-18(12-25-20)15-6-8-16(24-3)9-7-15/h4-12,14H,1-3H3,(H,21,22,23). The Morgan fingerprint density at radius 1 is 1.15 bits per heavy atom. The van der Waals surface area contributed by atoms with Crippen molar-refractivity contribution < 1.29 is 9.53 Å². The maximum Gasteiger partial charge on any atom is 0.239 e. The Hall–Kier alpha value is -2.31. The fraction of sp³-hybridized carbons (Fsp3) is 0.200. The van der Waals surface area contributed by atoms with Gasteiger partial charge in [-0.15, -0.1) is 23.1 Å². The molecule has 0 bridgehead atoms. The predicted octanol–water partition coefficient (Wildman–Crippen LogP) is 5.25. The quantitative estimate of drug-likeness (QED) is 0.590. The summed E-state index contributed by atoms with van der Waals surface area (Å²) >= 11 is 2.96. The van der Waals surface area contributed by atoms with Crippen LogP contribution in [0.25, 0.3) is 11.3 Å². The molecule has 2 aromatic carbocycles. The number of aryl methyl sites for hydroxylation is 1. The fourth-order valence-electron chi connectivity index (χ4n) is 2.31. The normalized spacial score (nSPS) is 11.8. The minimum Gasteiger partial charge on any atom is -0.497 e. The van der Waals surface area contributed by atoms with Gasteiger partial charge in [0.05, 0.1) is 18.1 Å². The summed E-state index contributed by atoms with van der Waals surface area (Å²) in [4.78, 5) is 18.0. The number of aromatic nitrogens is 1. The topological polar surface area (TPSA) is 51.2 Å². The van der Waals surface area contributed by atoms with Gasteiger partial charge in [-0.05, 0) is 50.2 Å². The predicted molar refractivity (Wildman–Crippen MR) is 109 cm³/mol. The number of thiazole rings is 1. The summed E-state index contributed by atoms with van der Waals surface area (Å²) in [7, 11) is 1.64. The number of ether oxygens (including phenoxy) is 1. The molecule has 1 atom stereocenters. The molecule has 0 aliphatic rings. The second-order valence-corrected chi connectivity index (χ2v) is 8.10. The van der Waals surface area contributed by atoms with E-state index in [4.69, 9.17) is 4.74 Å². The molecule has 0 fully saturated rings. The van der Waals surface area contributed by atoms with E-state index in [2.05, 4.69) is 22.4 Å². The number of benzene rings is 2. The van der Waals surface area contributed by atoms with Crippen molar-refractivity contribution in [2.24, 2.45) is 0 Å². The third kappa shape index (κ3) is 4.65. The van der Waals surface area contributed by atoms with Crippen molar-refractivity contribution in [2.45, 2.75) is 24.0 Å². The molecule has 0 saturated carbocycles. The molecule has 1 amide bonds. The van der Waals surface area contributed by atoms with Gasteiger partial charge in [0.1, 0.15) is 5.75 Å². The molecule has 3 rings (SSSR count). The second-order valence-electron chi connectivity index (χ2n) is 5.83. The summed E-state index contributed by atoms with van der Waals surface area (Å²) in [5, 5.41) is 5.25. The molecular weight excluding hydrogens is 364 g/mol. The first-order chi connectivity index (χ1) is 12.5. The molecule has 0 saturated heterocycles. The number of carbonyl (C=O) groups excluding carboxylic acids is 1. The highest BCUT2D eigenvalue weighted by atomic mass is 32.2. The van der Waals surface area contributed by atoms with Crippen molar-refractivity contribution in [3.05, 3.63) is 59.5 Å². The molecule has 6 heteroatoms. The highest BCUT2D eigenvalue weighted by Crippen LogP contribution is 2.28. The molecule has 0 aliphatic carbocycles. The van der Waals surface area contributed by atoms with E-state index in [1.165, 1.54) is 28.7 Å². The van der Waals surface area contributed by atoms with Crippen molar-refractivity contribution >= 4 is 34.1 Å². The lowest BCUT2D eigenvalue weighted by molar-refractivity contribution is -0.115. The molecule has 1 N–H and O–H groups in total. The SMILES string of the molecule is COc1ccc(-c2csc(NC(=O)C(C)Sc3ccc(C)cc3)n2)cc1. The van der Waals surface area contributed by atoms with Crippen molar-refractivity contribution in [1.29, 1.82) is 0 Å². The van der Waals surface area contributed by atoms with Crippen LogP contribution in [0.1, 0.15) is 12.5 Å². The van der Waals surface area contributed by atoms with Crippen LogP contribution in [0.2, 0.25) is 0 Å².